The quantitative estimate of drug-likeness (QED) is 0.786. The van der Waals surface area contributed by atoms with Crippen molar-refractivity contribution in [2.24, 2.45) is 0 Å². The summed E-state index contributed by atoms with van der Waals surface area (Å²) in [6, 6.07) is 1.70. The van der Waals surface area contributed by atoms with E-state index in [9.17, 15) is 13.2 Å². The third kappa shape index (κ3) is 3.13. The highest BCUT2D eigenvalue weighted by Crippen LogP contribution is 2.17. The van der Waals surface area contributed by atoms with Gasteiger partial charge in [-0.1, -0.05) is 0 Å². The lowest BCUT2D eigenvalue weighted by Gasteiger charge is -2.14. The van der Waals surface area contributed by atoms with Crippen molar-refractivity contribution >= 4 is 5.69 Å². The third-order valence-electron chi connectivity index (χ3n) is 1.81. The molecule has 0 fully saturated rings. The maximum atomic E-state index is 12.8. The third-order valence-corrected chi connectivity index (χ3v) is 1.81. The Morgan fingerprint density at radius 1 is 1.27 bits per heavy atom. The molecule has 0 aliphatic heterocycles. The molecule has 1 unspecified atom stereocenters. The van der Waals surface area contributed by atoms with Gasteiger partial charge < -0.3 is 10.1 Å². The number of anilines is 1. The monoisotopic (exact) mass is 219 g/mol. The molecule has 1 aromatic rings. The standard InChI is InChI=1S/C10H12F3NO/c1-6(5-15-2)14-7-3-8(11)10(13)9(12)4-7/h3-4,6,14H,5H2,1-2H3. The predicted octanol–water partition coefficient (Wildman–Crippen LogP) is 2.55. The molecule has 0 heterocycles. The Bertz CT molecular complexity index is 320. The summed E-state index contributed by atoms with van der Waals surface area (Å²) < 4.78 is 43.0. The molecule has 1 atom stereocenters. The molecule has 0 radical (unpaired) electrons. The molecule has 1 N–H and O–H groups in total. The van der Waals surface area contributed by atoms with Gasteiger partial charge in [-0.05, 0) is 6.92 Å². The summed E-state index contributed by atoms with van der Waals surface area (Å²) >= 11 is 0. The van der Waals surface area contributed by atoms with Crippen LogP contribution >= 0.6 is 0 Å². The van der Waals surface area contributed by atoms with E-state index < -0.39 is 17.5 Å². The summed E-state index contributed by atoms with van der Waals surface area (Å²) in [4.78, 5) is 0. The van der Waals surface area contributed by atoms with Gasteiger partial charge in [0, 0.05) is 31.0 Å². The lowest BCUT2D eigenvalue weighted by molar-refractivity contribution is 0.190. The van der Waals surface area contributed by atoms with Crippen LogP contribution in [0.3, 0.4) is 0 Å². The van der Waals surface area contributed by atoms with E-state index in [2.05, 4.69) is 5.32 Å². The Morgan fingerprint density at radius 2 is 1.80 bits per heavy atom. The second-order valence-electron chi connectivity index (χ2n) is 3.25. The minimum absolute atomic E-state index is 0.112. The lowest BCUT2D eigenvalue weighted by atomic mass is 10.2. The molecule has 0 spiro atoms. The van der Waals surface area contributed by atoms with Crippen molar-refractivity contribution in [3.05, 3.63) is 29.6 Å². The van der Waals surface area contributed by atoms with E-state index >= 15 is 0 Å². The van der Waals surface area contributed by atoms with E-state index in [0.29, 0.717) is 6.61 Å². The number of rotatable bonds is 4. The molecular weight excluding hydrogens is 207 g/mol. The van der Waals surface area contributed by atoms with Gasteiger partial charge in [0.05, 0.1) is 6.61 Å². The first-order valence-electron chi connectivity index (χ1n) is 4.44. The molecule has 15 heavy (non-hydrogen) atoms. The zero-order valence-electron chi connectivity index (χ0n) is 8.48. The highest BCUT2D eigenvalue weighted by Gasteiger charge is 2.11. The maximum absolute atomic E-state index is 12.8. The van der Waals surface area contributed by atoms with Crippen LogP contribution < -0.4 is 5.32 Å². The molecule has 84 valence electrons. The topological polar surface area (TPSA) is 21.3 Å². The van der Waals surface area contributed by atoms with Gasteiger partial charge in [0.1, 0.15) is 0 Å². The van der Waals surface area contributed by atoms with Crippen molar-refractivity contribution in [2.45, 2.75) is 13.0 Å². The van der Waals surface area contributed by atoms with Crippen LogP contribution in [-0.4, -0.2) is 19.8 Å². The number of ether oxygens (including phenoxy) is 1. The molecule has 0 aliphatic carbocycles. The molecule has 0 saturated heterocycles. The van der Waals surface area contributed by atoms with Crippen LogP contribution in [0.5, 0.6) is 0 Å². The zero-order chi connectivity index (χ0) is 11.4. The molecule has 1 rings (SSSR count). The molecule has 0 aliphatic rings. The largest absolute Gasteiger partial charge is 0.383 e. The Labute approximate surface area is 86.1 Å². The Hall–Kier alpha value is -1.23. The van der Waals surface area contributed by atoms with E-state index in [1.165, 1.54) is 7.11 Å². The van der Waals surface area contributed by atoms with Crippen molar-refractivity contribution < 1.29 is 17.9 Å². The lowest BCUT2D eigenvalue weighted by Crippen LogP contribution is -2.21. The Balaban J connectivity index is 2.78. The average molecular weight is 219 g/mol. The summed E-state index contributed by atoms with van der Waals surface area (Å²) in [6.45, 7) is 2.17. The van der Waals surface area contributed by atoms with Crippen LogP contribution in [0.2, 0.25) is 0 Å². The maximum Gasteiger partial charge on any atom is 0.194 e. The smallest absolute Gasteiger partial charge is 0.194 e. The van der Waals surface area contributed by atoms with Gasteiger partial charge >= 0.3 is 0 Å². The minimum atomic E-state index is -1.46. The number of halogens is 3. The molecular formula is C10H12F3NO. The number of methoxy groups -OCH3 is 1. The predicted molar refractivity (Wildman–Crippen MR) is 51.3 cm³/mol. The van der Waals surface area contributed by atoms with E-state index in [1.807, 2.05) is 0 Å². The highest BCUT2D eigenvalue weighted by molar-refractivity contribution is 5.44. The van der Waals surface area contributed by atoms with Gasteiger partial charge in [0.15, 0.2) is 17.5 Å². The second-order valence-corrected chi connectivity index (χ2v) is 3.25. The van der Waals surface area contributed by atoms with E-state index in [-0.39, 0.29) is 11.7 Å². The van der Waals surface area contributed by atoms with Gasteiger partial charge in [-0.25, -0.2) is 13.2 Å². The summed E-state index contributed by atoms with van der Waals surface area (Å²) in [7, 11) is 1.52. The molecule has 2 nitrogen and oxygen atoms in total. The van der Waals surface area contributed by atoms with Gasteiger partial charge in [-0.15, -0.1) is 0 Å². The van der Waals surface area contributed by atoms with Crippen LogP contribution in [0.4, 0.5) is 18.9 Å². The first-order valence-corrected chi connectivity index (χ1v) is 4.44. The SMILES string of the molecule is COCC(C)Nc1cc(F)c(F)c(F)c1. The van der Waals surface area contributed by atoms with E-state index in [1.54, 1.807) is 6.92 Å². The fraction of sp³-hybridized carbons (Fsp3) is 0.400. The summed E-state index contributed by atoms with van der Waals surface area (Å²) in [6.07, 6.45) is 0. The van der Waals surface area contributed by atoms with E-state index in [4.69, 9.17) is 4.74 Å². The summed E-state index contributed by atoms with van der Waals surface area (Å²) in [5.41, 5.74) is 0.191. The zero-order valence-corrected chi connectivity index (χ0v) is 8.48. The Kier molecular flexibility index (Phi) is 3.96. The van der Waals surface area contributed by atoms with Crippen LogP contribution in [-0.2, 0) is 4.74 Å². The number of nitrogens with one attached hydrogen (secondary N) is 1. The van der Waals surface area contributed by atoms with Crippen LogP contribution in [0.25, 0.3) is 0 Å². The van der Waals surface area contributed by atoms with Crippen LogP contribution in [0.1, 0.15) is 6.92 Å². The molecule has 0 amide bonds. The van der Waals surface area contributed by atoms with Crippen molar-refractivity contribution in [3.63, 3.8) is 0 Å². The molecule has 0 saturated carbocycles. The van der Waals surface area contributed by atoms with Gasteiger partial charge in [0.2, 0.25) is 0 Å². The fourth-order valence-electron chi connectivity index (χ4n) is 1.22. The van der Waals surface area contributed by atoms with Gasteiger partial charge in [0.25, 0.3) is 0 Å². The second kappa shape index (κ2) is 5.02. The van der Waals surface area contributed by atoms with Crippen molar-refractivity contribution in [1.29, 1.82) is 0 Å². The Morgan fingerprint density at radius 3 is 2.27 bits per heavy atom. The van der Waals surface area contributed by atoms with Crippen molar-refractivity contribution in [1.82, 2.24) is 0 Å². The summed E-state index contributed by atoms with van der Waals surface area (Å²) in [5, 5.41) is 2.78. The normalized spacial score (nSPS) is 12.6. The number of benzene rings is 1. The van der Waals surface area contributed by atoms with Crippen molar-refractivity contribution in [3.8, 4) is 0 Å². The van der Waals surface area contributed by atoms with Gasteiger partial charge in [-0.2, -0.15) is 0 Å². The first kappa shape index (κ1) is 11.8. The fourth-order valence-corrected chi connectivity index (χ4v) is 1.22. The summed E-state index contributed by atoms with van der Waals surface area (Å²) in [5.74, 6) is -3.87. The molecule has 0 bridgehead atoms. The van der Waals surface area contributed by atoms with E-state index in [0.717, 1.165) is 12.1 Å². The first-order chi connectivity index (χ1) is 7.04. The van der Waals surface area contributed by atoms with Crippen LogP contribution in [0, 0.1) is 17.5 Å². The van der Waals surface area contributed by atoms with Gasteiger partial charge in [-0.3, -0.25) is 0 Å². The average Bonchev–Trinajstić information content (AvgIpc) is 2.14. The number of hydrogen-bond acceptors (Lipinski definition) is 2. The van der Waals surface area contributed by atoms with Crippen molar-refractivity contribution in [2.75, 3.05) is 19.0 Å². The highest BCUT2D eigenvalue weighted by atomic mass is 19.2. The molecule has 0 aromatic heterocycles. The number of hydrogen-bond donors (Lipinski definition) is 1. The molecule has 5 heteroatoms. The van der Waals surface area contributed by atoms with Crippen LogP contribution in [0.15, 0.2) is 12.1 Å². The minimum Gasteiger partial charge on any atom is -0.383 e. The molecule has 1 aromatic carbocycles.